The van der Waals surface area contributed by atoms with Crippen molar-refractivity contribution < 1.29 is 9.90 Å². The zero-order valence-corrected chi connectivity index (χ0v) is 12.6. The van der Waals surface area contributed by atoms with Gasteiger partial charge in [-0.05, 0) is 52.9 Å². The zero-order valence-electron chi connectivity index (χ0n) is 9.65. The molecule has 4 N–H and O–H groups in total. The standard InChI is InChI=1S/C13H10ClIN2O2/c14-9-2-1-3-10(16)12(9)17-13(19)8-6-7(15)4-5-11(8)18/h1-6,18H,16H2,(H,17,19). The largest absolute Gasteiger partial charge is 0.507 e. The normalized spacial score (nSPS) is 10.2. The number of para-hydroxylation sites is 1. The van der Waals surface area contributed by atoms with Gasteiger partial charge in [-0.3, -0.25) is 4.79 Å². The lowest BCUT2D eigenvalue weighted by atomic mass is 10.2. The van der Waals surface area contributed by atoms with Gasteiger partial charge in [0, 0.05) is 3.57 Å². The summed E-state index contributed by atoms with van der Waals surface area (Å²) in [4.78, 5) is 12.1. The van der Waals surface area contributed by atoms with Gasteiger partial charge in [0.05, 0.1) is 22.0 Å². The van der Waals surface area contributed by atoms with E-state index in [4.69, 9.17) is 17.3 Å². The van der Waals surface area contributed by atoms with Crippen LogP contribution in [0.15, 0.2) is 36.4 Å². The molecule has 98 valence electrons. The molecule has 19 heavy (non-hydrogen) atoms. The number of hydrogen-bond acceptors (Lipinski definition) is 3. The Bertz CT molecular complexity index is 626. The van der Waals surface area contributed by atoms with Gasteiger partial charge in [-0.1, -0.05) is 17.7 Å². The van der Waals surface area contributed by atoms with Crippen molar-refractivity contribution in [3.05, 3.63) is 50.6 Å². The van der Waals surface area contributed by atoms with E-state index in [1.54, 1.807) is 30.3 Å². The van der Waals surface area contributed by atoms with Crippen molar-refractivity contribution in [3.8, 4) is 5.75 Å². The molecule has 1 amide bonds. The van der Waals surface area contributed by atoms with E-state index in [1.165, 1.54) is 6.07 Å². The third-order valence-corrected chi connectivity index (χ3v) is 3.47. The minimum absolute atomic E-state index is 0.0939. The lowest BCUT2D eigenvalue weighted by Crippen LogP contribution is -2.14. The lowest BCUT2D eigenvalue weighted by molar-refractivity contribution is 0.102. The number of carbonyl (C=O) groups is 1. The number of phenols is 1. The van der Waals surface area contributed by atoms with Gasteiger partial charge in [0.2, 0.25) is 0 Å². The summed E-state index contributed by atoms with van der Waals surface area (Å²) in [5, 5.41) is 12.6. The third kappa shape index (κ3) is 3.10. The number of rotatable bonds is 2. The predicted octanol–water partition coefficient (Wildman–Crippen LogP) is 3.48. The molecule has 2 aromatic rings. The van der Waals surface area contributed by atoms with Crippen molar-refractivity contribution >= 4 is 51.5 Å². The molecule has 2 aromatic carbocycles. The summed E-state index contributed by atoms with van der Waals surface area (Å²) in [5.74, 6) is -0.556. The molecule has 0 bridgehead atoms. The highest BCUT2D eigenvalue weighted by Gasteiger charge is 2.14. The summed E-state index contributed by atoms with van der Waals surface area (Å²) in [6, 6.07) is 9.70. The molecule has 6 heteroatoms. The second-order valence-electron chi connectivity index (χ2n) is 3.82. The number of hydrogen-bond donors (Lipinski definition) is 3. The van der Waals surface area contributed by atoms with E-state index in [2.05, 4.69) is 27.9 Å². The number of anilines is 2. The van der Waals surface area contributed by atoms with Crippen molar-refractivity contribution in [1.29, 1.82) is 0 Å². The molecule has 0 aliphatic rings. The van der Waals surface area contributed by atoms with E-state index >= 15 is 0 Å². The first-order valence-corrected chi connectivity index (χ1v) is 6.78. The number of halogens is 2. The van der Waals surface area contributed by atoms with Crippen LogP contribution in [0.4, 0.5) is 11.4 Å². The van der Waals surface area contributed by atoms with Crippen LogP contribution in [-0.2, 0) is 0 Å². The summed E-state index contributed by atoms with van der Waals surface area (Å²) < 4.78 is 0.840. The van der Waals surface area contributed by atoms with Gasteiger partial charge in [-0.15, -0.1) is 0 Å². The molecule has 0 spiro atoms. The molecule has 0 atom stereocenters. The molecule has 0 aromatic heterocycles. The van der Waals surface area contributed by atoms with Gasteiger partial charge in [0.1, 0.15) is 5.75 Å². The topological polar surface area (TPSA) is 75.3 Å². The molecule has 0 unspecified atom stereocenters. The molecular weight excluding hydrogens is 379 g/mol. The number of nitrogens with one attached hydrogen (secondary N) is 1. The number of amides is 1. The highest BCUT2D eigenvalue weighted by molar-refractivity contribution is 14.1. The average molecular weight is 389 g/mol. The van der Waals surface area contributed by atoms with Crippen LogP contribution in [0.25, 0.3) is 0 Å². The van der Waals surface area contributed by atoms with Gasteiger partial charge >= 0.3 is 0 Å². The number of aromatic hydroxyl groups is 1. The molecule has 0 aliphatic carbocycles. The quantitative estimate of drug-likeness (QED) is 0.544. The van der Waals surface area contributed by atoms with E-state index in [9.17, 15) is 9.90 Å². The van der Waals surface area contributed by atoms with E-state index < -0.39 is 5.91 Å². The maximum absolute atomic E-state index is 12.1. The Labute approximate surface area is 128 Å². The first-order chi connectivity index (χ1) is 8.99. The number of phenolic OH excluding ortho intramolecular Hbond substituents is 1. The van der Waals surface area contributed by atoms with E-state index in [0.717, 1.165) is 3.57 Å². The number of nitrogen functional groups attached to an aromatic ring is 1. The molecular formula is C13H10ClIN2O2. The Morgan fingerprint density at radius 3 is 2.74 bits per heavy atom. The maximum atomic E-state index is 12.1. The van der Waals surface area contributed by atoms with Gasteiger partial charge < -0.3 is 16.2 Å². The second kappa shape index (κ2) is 5.66. The summed E-state index contributed by atoms with van der Waals surface area (Å²) >= 11 is 8.03. The molecule has 0 heterocycles. The maximum Gasteiger partial charge on any atom is 0.259 e. The second-order valence-corrected chi connectivity index (χ2v) is 5.47. The zero-order chi connectivity index (χ0) is 14.0. The van der Waals surface area contributed by atoms with Crippen molar-refractivity contribution in [3.63, 3.8) is 0 Å². The Balaban J connectivity index is 2.34. The minimum Gasteiger partial charge on any atom is -0.507 e. The van der Waals surface area contributed by atoms with Gasteiger partial charge in [-0.25, -0.2) is 0 Å². The Hall–Kier alpha value is -1.47. The number of benzene rings is 2. The monoisotopic (exact) mass is 388 g/mol. The molecule has 0 saturated heterocycles. The van der Waals surface area contributed by atoms with Crippen LogP contribution in [0.3, 0.4) is 0 Å². The third-order valence-electron chi connectivity index (χ3n) is 2.49. The van der Waals surface area contributed by atoms with Crippen LogP contribution >= 0.6 is 34.2 Å². The van der Waals surface area contributed by atoms with E-state index in [1.807, 2.05) is 0 Å². The van der Waals surface area contributed by atoms with Crippen LogP contribution in [-0.4, -0.2) is 11.0 Å². The van der Waals surface area contributed by atoms with Gasteiger partial charge in [-0.2, -0.15) is 0 Å². The number of nitrogens with two attached hydrogens (primary N) is 1. The molecule has 0 radical (unpaired) electrons. The van der Waals surface area contributed by atoms with Crippen molar-refractivity contribution in [2.45, 2.75) is 0 Å². The Kier molecular flexibility index (Phi) is 4.16. The fourth-order valence-electron chi connectivity index (χ4n) is 1.54. The SMILES string of the molecule is Nc1cccc(Cl)c1NC(=O)c1cc(I)ccc1O. The highest BCUT2D eigenvalue weighted by Crippen LogP contribution is 2.29. The van der Waals surface area contributed by atoms with Crippen molar-refractivity contribution in [2.75, 3.05) is 11.1 Å². The molecule has 4 nitrogen and oxygen atoms in total. The minimum atomic E-state index is -0.462. The summed E-state index contributed by atoms with van der Waals surface area (Å²) in [6.45, 7) is 0. The predicted molar refractivity (Wildman–Crippen MR) is 84.6 cm³/mol. The van der Waals surface area contributed by atoms with Gasteiger partial charge in [0.25, 0.3) is 5.91 Å². The Morgan fingerprint density at radius 1 is 1.32 bits per heavy atom. The van der Waals surface area contributed by atoms with Crippen LogP contribution in [0.2, 0.25) is 5.02 Å². The van der Waals surface area contributed by atoms with Crippen LogP contribution < -0.4 is 11.1 Å². The first kappa shape index (κ1) is 14.0. The summed E-state index contributed by atoms with van der Waals surface area (Å²) in [5.41, 5.74) is 6.63. The molecule has 0 aliphatic heterocycles. The first-order valence-electron chi connectivity index (χ1n) is 5.33. The number of carbonyl (C=O) groups excluding carboxylic acids is 1. The van der Waals surface area contributed by atoms with Crippen LogP contribution in [0.5, 0.6) is 5.75 Å². The fraction of sp³-hybridized carbons (Fsp3) is 0. The molecule has 0 fully saturated rings. The van der Waals surface area contributed by atoms with Crippen LogP contribution in [0, 0.1) is 3.57 Å². The molecule has 2 rings (SSSR count). The smallest absolute Gasteiger partial charge is 0.259 e. The van der Waals surface area contributed by atoms with Crippen LogP contribution in [0.1, 0.15) is 10.4 Å². The summed E-state index contributed by atoms with van der Waals surface area (Å²) in [7, 11) is 0. The van der Waals surface area contributed by atoms with E-state index in [0.29, 0.717) is 16.4 Å². The Morgan fingerprint density at radius 2 is 2.05 bits per heavy atom. The fourth-order valence-corrected chi connectivity index (χ4v) is 2.26. The van der Waals surface area contributed by atoms with Gasteiger partial charge in [0.15, 0.2) is 0 Å². The average Bonchev–Trinajstić information content (AvgIpc) is 2.37. The van der Waals surface area contributed by atoms with Crippen molar-refractivity contribution in [1.82, 2.24) is 0 Å². The summed E-state index contributed by atoms with van der Waals surface area (Å²) in [6.07, 6.45) is 0. The van der Waals surface area contributed by atoms with Crippen molar-refractivity contribution in [2.24, 2.45) is 0 Å². The van der Waals surface area contributed by atoms with E-state index in [-0.39, 0.29) is 11.3 Å². The highest BCUT2D eigenvalue weighted by atomic mass is 127. The molecule has 0 saturated carbocycles. The lowest BCUT2D eigenvalue weighted by Gasteiger charge is -2.11.